The molecule has 1 heterocycles. The Labute approximate surface area is 97.3 Å². The van der Waals surface area contributed by atoms with Crippen LogP contribution in [0.1, 0.15) is 11.1 Å². The van der Waals surface area contributed by atoms with Gasteiger partial charge in [0.15, 0.2) is 0 Å². The number of hydrogen-bond donors (Lipinski definition) is 1. The van der Waals surface area contributed by atoms with Crippen molar-refractivity contribution >= 4 is 6.08 Å². The maximum Gasteiger partial charge on any atom is 0.417 e. The number of likely N-dealkylation sites (N-methyl/N-ethyl adjacent to an activating group) is 1. The molecule has 0 aliphatic carbocycles. The zero-order valence-electron chi connectivity index (χ0n) is 9.51. The topological polar surface area (TPSA) is 34.2 Å². The maximum atomic E-state index is 12.5. The van der Waals surface area contributed by atoms with Gasteiger partial charge in [0.05, 0.1) is 12.7 Å². The third-order valence-electron chi connectivity index (χ3n) is 2.02. The third kappa shape index (κ3) is 3.74. The van der Waals surface area contributed by atoms with Crippen LogP contribution in [0.2, 0.25) is 0 Å². The lowest BCUT2D eigenvalue weighted by molar-refractivity contribution is -0.137. The van der Waals surface area contributed by atoms with E-state index in [4.69, 9.17) is 4.74 Å². The van der Waals surface area contributed by atoms with Crippen LogP contribution in [-0.4, -0.2) is 25.7 Å². The lowest BCUT2D eigenvalue weighted by Gasteiger charge is -2.09. The third-order valence-corrected chi connectivity index (χ3v) is 2.02. The molecule has 1 aromatic heterocycles. The quantitative estimate of drug-likeness (QED) is 0.885. The van der Waals surface area contributed by atoms with Crippen molar-refractivity contribution in [2.45, 2.75) is 6.18 Å². The van der Waals surface area contributed by atoms with E-state index in [2.05, 4.69) is 10.3 Å². The summed E-state index contributed by atoms with van der Waals surface area (Å²) in [5, 5.41) is 2.85. The van der Waals surface area contributed by atoms with Crippen LogP contribution in [0.3, 0.4) is 0 Å². The zero-order chi connectivity index (χ0) is 12.9. The molecule has 0 bridgehead atoms. The fourth-order valence-electron chi connectivity index (χ4n) is 1.22. The van der Waals surface area contributed by atoms with E-state index in [-0.39, 0.29) is 5.88 Å². The molecule has 1 rings (SSSR count). The number of nitrogens with one attached hydrogen (secondary N) is 1. The van der Waals surface area contributed by atoms with Crippen LogP contribution in [0, 0.1) is 0 Å². The van der Waals surface area contributed by atoms with Crippen LogP contribution in [0.25, 0.3) is 6.08 Å². The monoisotopic (exact) mass is 246 g/mol. The summed E-state index contributed by atoms with van der Waals surface area (Å²) >= 11 is 0. The average molecular weight is 246 g/mol. The van der Waals surface area contributed by atoms with Gasteiger partial charge in [0.25, 0.3) is 0 Å². The molecule has 1 N–H and O–H groups in total. The van der Waals surface area contributed by atoms with E-state index in [1.54, 1.807) is 13.1 Å². The van der Waals surface area contributed by atoms with Crippen LogP contribution in [0.4, 0.5) is 13.2 Å². The summed E-state index contributed by atoms with van der Waals surface area (Å²) < 4.78 is 42.3. The van der Waals surface area contributed by atoms with Crippen molar-refractivity contribution in [3.05, 3.63) is 29.5 Å². The molecule has 94 valence electrons. The van der Waals surface area contributed by atoms with Gasteiger partial charge in [-0.15, -0.1) is 0 Å². The molecule has 0 atom stereocenters. The number of methoxy groups -OCH3 is 1. The highest BCUT2D eigenvalue weighted by Gasteiger charge is 2.31. The second-order valence-electron chi connectivity index (χ2n) is 3.28. The smallest absolute Gasteiger partial charge is 0.417 e. The SMILES string of the molecule is CNCC=Cc1cc(C(F)(F)F)cnc1OC. The minimum atomic E-state index is -4.40. The Hall–Kier alpha value is -1.56. The van der Waals surface area contributed by atoms with Gasteiger partial charge >= 0.3 is 6.18 Å². The van der Waals surface area contributed by atoms with Crippen molar-refractivity contribution < 1.29 is 17.9 Å². The van der Waals surface area contributed by atoms with Gasteiger partial charge in [-0.1, -0.05) is 12.2 Å². The number of hydrogen-bond acceptors (Lipinski definition) is 3. The Bertz CT molecular complexity index is 402. The predicted octanol–water partition coefficient (Wildman–Crippen LogP) is 2.34. The van der Waals surface area contributed by atoms with Crippen LogP contribution in [0.15, 0.2) is 18.3 Å². The van der Waals surface area contributed by atoms with E-state index >= 15 is 0 Å². The minimum Gasteiger partial charge on any atom is -0.481 e. The molecule has 0 amide bonds. The molecule has 0 saturated carbocycles. The van der Waals surface area contributed by atoms with E-state index in [0.717, 1.165) is 12.3 Å². The Morgan fingerprint density at radius 2 is 2.18 bits per heavy atom. The molecule has 0 radical (unpaired) electrons. The molecule has 0 saturated heterocycles. The molecule has 0 aliphatic rings. The lowest BCUT2D eigenvalue weighted by Crippen LogP contribution is -2.07. The van der Waals surface area contributed by atoms with E-state index < -0.39 is 11.7 Å². The predicted molar refractivity (Wildman–Crippen MR) is 58.8 cm³/mol. The van der Waals surface area contributed by atoms with Gasteiger partial charge in [0.2, 0.25) is 5.88 Å². The first-order valence-electron chi connectivity index (χ1n) is 4.91. The Balaban J connectivity index is 3.07. The summed E-state index contributed by atoms with van der Waals surface area (Å²) in [5.74, 6) is 0.172. The number of halogens is 3. The number of aromatic nitrogens is 1. The molecule has 0 unspecified atom stereocenters. The first-order valence-corrected chi connectivity index (χ1v) is 4.91. The second kappa shape index (κ2) is 5.67. The van der Waals surface area contributed by atoms with Crippen molar-refractivity contribution in [1.29, 1.82) is 0 Å². The Kier molecular flexibility index (Phi) is 4.51. The van der Waals surface area contributed by atoms with Crippen LogP contribution in [0.5, 0.6) is 5.88 Å². The van der Waals surface area contributed by atoms with Crippen molar-refractivity contribution in [1.82, 2.24) is 10.3 Å². The molecule has 0 fully saturated rings. The molecular weight excluding hydrogens is 233 g/mol. The number of pyridine rings is 1. The van der Waals surface area contributed by atoms with Crippen LogP contribution in [-0.2, 0) is 6.18 Å². The summed E-state index contributed by atoms with van der Waals surface area (Å²) in [4.78, 5) is 3.63. The summed E-state index contributed by atoms with van der Waals surface area (Å²) in [7, 11) is 3.11. The number of rotatable bonds is 4. The van der Waals surface area contributed by atoms with E-state index in [1.165, 1.54) is 13.2 Å². The van der Waals surface area contributed by atoms with Crippen molar-refractivity contribution in [2.24, 2.45) is 0 Å². The van der Waals surface area contributed by atoms with Crippen molar-refractivity contribution in [3.63, 3.8) is 0 Å². The summed E-state index contributed by atoms with van der Waals surface area (Å²) in [5.41, 5.74) is -0.486. The summed E-state index contributed by atoms with van der Waals surface area (Å²) in [6.45, 7) is 0.555. The first-order chi connectivity index (χ1) is 7.99. The van der Waals surface area contributed by atoms with Gasteiger partial charge in [-0.05, 0) is 13.1 Å². The number of alkyl halides is 3. The first kappa shape index (κ1) is 13.5. The highest BCUT2D eigenvalue weighted by Crippen LogP contribution is 2.31. The van der Waals surface area contributed by atoms with Crippen LogP contribution < -0.4 is 10.1 Å². The van der Waals surface area contributed by atoms with Gasteiger partial charge in [0.1, 0.15) is 0 Å². The van der Waals surface area contributed by atoms with Crippen molar-refractivity contribution in [3.8, 4) is 5.88 Å². The van der Waals surface area contributed by atoms with Gasteiger partial charge in [-0.25, -0.2) is 4.98 Å². The molecule has 0 spiro atoms. The Morgan fingerprint density at radius 3 is 2.71 bits per heavy atom. The van der Waals surface area contributed by atoms with Crippen molar-refractivity contribution in [2.75, 3.05) is 20.7 Å². The number of ether oxygens (including phenoxy) is 1. The molecular formula is C11H13F3N2O. The van der Waals surface area contributed by atoms with E-state index in [1.807, 2.05) is 0 Å². The Morgan fingerprint density at radius 1 is 1.47 bits per heavy atom. The largest absolute Gasteiger partial charge is 0.481 e. The summed E-state index contributed by atoms with van der Waals surface area (Å²) in [6, 6.07) is 1.01. The zero-order valence-corrected chi connectivity index (χ0v) is 9.51. The standard InChI is InChI=1S/C11H13F3N2O/c1-15-5-3-4-8-6-9(11(12,13)14)7-16-10(8)17-2/h3-4,6-7,15H,5H2,1-2H3. The highest BCUT2D eigenvalue weighted by atomic mass is 19.4. The second-order valence-corrected chi connectivity index (χ2v) is 3.28. The molecule has 0 aliphatic heterocycles. The fourth-order valence-corrected chi connectivity index (χ4v) is 1.22. The lowest BCUT2D eigenvalue weighted by atomic mass is 10.2. The van der Waals surface area contributed by atoms with Crippen LogP contribution >= 0.6 is 0 Å². The maximum absolute atomic E-state index is 12.5. The van der Waals surface area contributed by atoms with Gasteiger partial charge < -0.3 is 10.1 Å². The van der Waals surface area contributed by atoms with E-state index in [0.29, 0.717) is 12.1 Å². The average Bonchev–Trinajstić information content (AvgIpc) is 2.28. The van der Waals surface area contributed by atoms with Gasteiger partial charge in [-0.2, -0.15) is 13.2 Å². The minimum absolute atomic E-state index is 0.172. The molecule has 3 nitrogen and oxygen atoms in total. The molecule has 17 heavy (non-hydrogen) atoms. The molecule has 0 aromatic carbocycles. The van der Waals surface area contributed by atoms with Gasteiger partial charge in [0, 0.05) is 18.3 Å². The highest BCUT2D eigenvalue weighted by molar-refractivity contribution is 5.56. The normalized spacial score (nSPS) is 12.1. The van der Waals surface area contributed by atoms with Gasteiger partial charge in [-0.3, -0.25) is 0 Å². The number of nitrogens with zero attached hydrogens (tertiary/aromatic N) is 1. The fraction of sp³-hybridized carbons (Fsp3) is 0.364. The van der Waals surface area contributed by atoms with E-state index in [9.17, 15) is 13.2 Å². The summed E-state index contributed by atoms with van der Waals surface area (Å²) in [6.07, 6.45) is -0.406. The molecule has 6 heteroatoms. The molecule has 1 aromatic rings.